The molecular weight excluding hydrogens is 304 g/mol. The first kappa shape index (κ1) is 17.2. The van der Waals surface area contributed by atoms with E-state index in [-0.39, 0.29) is 4.08 Å². The number of allylic oxidation sites excluding steroid dienone is 1. The summed E-state index contributed by atoms with van der Waals surface area (Å²) in [7, 11) is 0. The van der Waals surface area contributed by atoms with E-state index in [9.17, 15) is 0 Å². The second kappa shape index (κ2) is 9.12. The van der Waals surface area contributed by atoms with Crippen molar-refractivity contribution < 1.29 is 0 Å². The summed E-state index contributed by atoms with van der Waals surface area (Å²) in [5, 5.41) is 0. The van der Waals surface area contributed by atoms with Gasteiger partial charge in [-0.2, -0.15) is 0 Å². The molecule has 0 radical (unpaired) electrons. The highest BCUT2D eigenvalue weighted by molar-refractivity contribution is 8.18. The molecule has 116 valence electrons. The van der Waals surface area contributed by atoms with Crippen LogP contribution in [0, 0.1) is 0 Å². The highest BCUT2D eigenvalue weighted by Gasteiger charge is 2.31. The Morgan fingerprint density at radius 3 is 1.82 bits per heavy atom. The molecule has 0 unspecified atom stereocenters. The van der Waals surface area contributed by atoms with Crippen molar-refractivity contribution in [1.82, 2.24) is 0 Å². The first-order chi connectivity index (χ1) is 10.8. The molecule has 0 aliphatic rings. The third kappa shape index (κ3) is 5.26. The van der Waals surface area contributed by atoms with Crippen LogP contribution in [-0.2, 0) is 0 Å². The van der Waals surface area contributed by atoms with Crippen molar-refractivity contribution in [3.05, 3.63) is 73.3 Å². The molecule has 0 atom stereocenters. The standard InChI is InChI=1S/C20H24S2/c1-3-5-17-20(16-4-2,21-18-12-8-6-9-13-18)22-19-14-10-7-11-15-19/h4,6-15H,2-3,5,16-17H2,1H3. The lowest BCUT2D eigenvalue weighted by atomic mass is 10.1. The number of thioether (sulfide) groups is 2. The molecule has 0 aliphatic heterocycles. The lowest BCUT2D eigenvalue weighted by Crippen LogP contribution is -2.19. The molecule has 0 bridgehead atoms. The quantitative estimate of drug-likeness (QED) is 0.275. The van der Waals surface area contributed by atoms with Gasteiger partial charge in [0.05, 0.1) is 4.08 Å². The van der Waals surface area contributed by atoms with Crippen LogP contribution in [0.4, 0.5) is 0 Å². The molecule has 0 saturated heterocycles. The molecule has 0 aromatic heterocycles. The van der Waals surface area contributed by atoms with Gasteiger partial charge in [-0.25, -0.2) is 0 Å². The average Bonchev–Trinajstić information content (AvgIpc) is 2.55. The largest absolute Gasteiger partial charge is 0.108 e. The van der Waals surface area contributed by atoms with Gasteiger partial charge in [0.15, 0.2) is 0 Å². The number of rotatable bonds is 9. The summed E-state index contributed by atoms with van der Waals surface area (Å²) >= 11 is 3.97. The van der Waals surface area contributed by atoms with Crippen LogP contribution in [0.25, 0.3) is 0 Å². The third-order valence-corrected chi connectivity index (χ3v) is 6.46. The van der Waals surface area contributed by atoms with Gasteiger partial charge in [0.1, 0.15) is 0 Å². The van der Waals surface area contributed by atoms with E-state index in [2.05, 4.69) is 80.2 Å². The molecule has 22 heavy (non-hydrogen) atoms. The minimum Gasteiger partial charge on any atom is -0.108 e. The average molecular weight is 329 g/mol. The maximum atomic E-state index is 4.01. The Hall–Kier alpha value is -1.12. The van der Waals surface area contributed by atoms with Crippen molar-refractivity contribution in [2.75, 3.05) is 0 Å². The first-order valence-electron chi connectivity index (χ1n) is 7.87. The molecule has 0 amide bonds. The van der Waals surface area contributed by atoms with Crippen LogP contribution >= 0.6 is 23.5 Å². The van der Waals surface area contributed by atoms with Gasteiger partial charge in [0.25, 0.3) is 0 Å². The minimum absolute atomic E-state index is 0.125. The summed E-state index contributed by atoms with van der Waals surface area (Å²) in [5.74, 6) is 0. The van der Waals surface area contributed by atoms with Gasteiger partial charge >= 0.3 is 0 Å². The fourth-order valence-corrected chi connectivity index (χ4v) is 5.47. The summed E-state index contributed by atoms with van der Waals surface area (Å²) < 4.78 is 0.125. The zero-order valence-corrected chi connectivity index (χ0v) is 14.8. The van der Waals surface area contributed by atoms with Gasteiger partial charge in [-0.05, 0) is 37.1 Å². The van der Waals surface area contributed by atoms with E-state index in [1.807, 2.05) is 23.5 Å². The normalized spacial score (nSPS) is 11.3. The van der Waals surface area contributed by atoms with Gasteiger partial charge in [0.2, 0.25) is 0 Å². The highest BCUT2D eigenvalue weighted by atomic mass is 32.2. The second-order valence-corrected chi connectivity index (χ2v) is 8.51. The monoisotopic (exact) mass is 328 g/mol. The molecular formula is C20H24S2. The van der Waals surface area contributed by atoms with Crippen molar-refractivity contribution in [1.29, 1.82) is 0 Å². The summed E-state index contributed by atoms with van der Waals surface area (Å²) in [4.78, 5) is 2.67. The summed E-state index contributed by atoms with van der Waals surface area (Å²) in [6, 6.07) is 21.5. The number of unbranched alkanes of at least 4 members (excludes halogenated alkanes) is 1. The van der Waals surface area contributed by atoms with Crippen molar-refractivity contribution in [2.45, 2.75) is 46.5 Å². The zero-order valence-electron chi connectivity index (χ0n) is 13.2. The van der Waals surface area contributed by atoms with E-state index < -0.39 is 0 Å². The summed E-state index contributed by atoms with van der Waals surface area (Å²) in [6.07, 6.45) is 6.74. The van der Waals surface area contributed by atoms with E-state index in [1.54, 1.807) is 0 Å². The van der Waals surface area contributed by atoms with Gasteiger partial charge in [-0.15, -0.1) is 30.1 Å². The molecule has 2 rings (SSSR count). The zero-order chi connectivity index (χ0) is 15.7. The fourth-order valence-electron chi connectivity index (χ4n) is 2.38. The van der Waals surface area contributed by atoms with Crippen molar-refractivity contribution in [3.63, 3.8) is 0 Å². The van der Waals surface area contributed by atoms with Crippen LogP contribution in [0.15, 0.2) is 83.1 Å². The number of hydrogen-bond acceptors (Lipinski definition) is 2. The van der Waals surface area contributed by atoms with Gasteiger partial charge in [-0.3, -0.25) is 0 Å². The Balaban J connectivity index is 2.25. The lowest BCUT2D eigenvalue weighted by molar-refractivity contribution is 0.655. The van der Waals surface area contributed by atoms with E-state index in [1.165, 1.54) is 29.1 Å². The Labute approximate surface area is 143 Å². The first-order valence-corrected chi connectivity index (χ1v) is 9.50. The van der Waals surface area contributed by atoms with Crippen LogP contribution in [0.1, 0.15) is 32.6 Å². The molecule has 2 heteroatoms. The Morgan fingerprint density at radius 2 is 1.41 bits per heavy atom. The van der Waals surface area contributed by atoms with Crippen LogP contribution < -0.4 is 0 Å². The Bertz CT molecular complexity index is 507. The minimum atomic E-state index is 0.125. The number of hydrogen-bond donors (Lipinski definition) is 0. The van der Waals surface area contributed by atoms with Crippen molar-refractivity contribution in [2.24, 2.45) is 0 Å². The van der Waals surface area contributed by atoms with Gasteiger partial charge in [0, 0.05) is 9.79 Å². The third-order valence-electron chi connectivity index (χ3n) is 3.46. The summed E-state index contributed by atoms with van der Waals surface area (Å²) in [6.45, 7) is 6.27. The molecule has 0 heterocycles. The van der Waals surface area contributed by atoms with Crippen LogP contribution in [-0.4, -0.2) is 4.08 Å². The molecule has 0 fully saturated rings. The fraction of sp³-hybridized carbons (Fsp3) is 0.300. The van der Waals surface area contributed by atoms with Crippen LogP contribution in [0.3, 0.4) is 0 Å². The van der Waals surface area contributed by atoms with Gasteiger partial charge in [-0.1, -0.05) is 62.2 Å². The molecule has 2 aromatic carbocycles. The van der Waals surface area contributed by atoms with Crippen molar-refractivity contribution >= 4 is 23.5 Å². The highest BCUT2D eigenvalue weighted by Crippen LogP contribution is 2.51. The second-order valence-electron chi connectivity index (χ2n) is 5.34. The SMILES string of the molecule is C=CCC(CCCC)(Sc1ccccc1)Sc1ccccc1. The Kier molecular flexibility index (Phi) is 7.14. The predicted molar refractivity (Wildman–Crippen MR) is 102 cm³/mol. The maximum absolute atomic E-state index is 4.01. The molecule has 0 spiro atoms. The maximum Gasteiger partial charge on any atom is 0.0739 e. The van der Waals surface area contributed by atoms with E-state index in [0.717, 1.165) is 6.42 Å². The van der Waals surface area contributed by atoms with E-state index in [0.29, 0.717) is 0 Å². The smallest absolute Gasteiger partial charge is 0.0739 e. The van der Waals surface area contributed by atoms with Crippen molar-refractivity contribution in [3.8, 4) is 0 Å². The summed E-state index contributed by atoms with van der Waals surface area (Å²) in [5.41, 5.74) is 0. The Morgan fingerprint density at radius 1 is 0.909 bits per heavy atom. The van der Waals surface area contributed by atoms with Crippen LogP contribution in [0.5, 0.6) is 0 Å². The predicted octanol–water partition coefficient (Wildman–Crippen LogP) is 7.03. The lowest BCUT2D eigenvalue weighted by Gasteiger charge is -2.32. The van der Waals surface area contributed by atoms with E-state index in [4.69, 9.17) is 0 Å². The number of benzene rings is 2. The molecule has 0 saturated carbocycles. The van der Waals surface area contributed by atoms with E-state index >= 15 is 0 Å². The van der Waals surface area contributed by atoms with Gasteiger partial charge < -0.3 is 0 Å². The van der Waals surface area contributed by atoms with Crippen LogP contribution in [0.2, 0.25) is 0 Å². The molecule has 0 N–H and O–H groups in total. The topological polar surface area (TPSA) is 0 Å². The molecule has 0 nitrogen and oxygen atoms in total. The molecule has 2 aromatic rings. The molecule has 0 aliphatic carbocycles.